The van der Waals surface area contributed by atoms with E-state index in [9.17, 15) is 9.59 Å². The Morgan fingerprint density at radius 3 is 1.44 bits per heavy atom. The summed E-state index contributed by atoms with van der Waals surface area (Å²) in [6.45, 7) is 0. The van der Waals surface area contributed by atoms with Crippen LogP contribution in [0.5, 0.6) is 0 Å². The summed E-state index contributed by atoms with van der Waals surface area (Å²) in [5, 5.41) is 0. The molecular formula is C16H10O2. The van der Waals surface area contributed by atoms with Crippen LogP contribution in [0.25, 0.3) is 0 Å². The lowest BCUT2D eigenvalue weighted by Gasteiger charge is -2.34. The molecule has 2 heteroatoms. The third-order valence-electron chi connectivity index (χ3n) is 3.92. The third-order valence-corrected chi connectivity index (χ3v) is 3.92. The summed E-state index contributed by atoms with van der Waals surface area (Å²) in [5.74, 6) is 0.367. The summed E-state index contributed by atoms with van der Waals surface area (Å²) >= 11 is 0. The van der Waals surface area contributed by atoms with E-state index in [0.717, 1.165) is 22.3 Å². The summed E-state index contributed by atoms with van der Waals surface area (Å²) in [4.78, 5) is 23.8. The van der Waals surface area contributed by atoms with Gasteiger partial charge < -0.3 is 0 Å². The van der Waals surface area contributed by atoms with E-state index >= 15 is 0 Å². The molecule has 0 fully saturated rings. The second kappa shape index (κ2) is 3.16. The Morgan fingerprint density at radius 2 is 1.00 bits per heavy atom. The van der Waals surface area contributed by atoms with Crippen LogP contribution in [0.15, 0.2) is 70.9 Å². The van der Waals surface area contributed by atoms with Crippen molar-refractivity contribution in [2.45, 2.75) is 0 Å². The smallest absolute Gasteiger partial charge is 0.185 e. The number of rotatable bonds is 0. The van der Waals surface area contributed by atoms with Gasteiger partial charge in [0.15, 0.2) is 11.6 Å². The first kappa shape index (κ1) is 9.77. The van der Waals surface area contributed by atoms with Crippen molar-refractivity contribution in [3.63, 3.8) is 0 Å². The predicted octanol–water partition coefficient (Wildman–Crippen LogP) is 2.23. The molecule has 0 heterocycles. The maximum Gasteiger partial charge on any atom is 0.185 e. The highest BCUT2D eigenvalue weighted by Gasteiger charge is 2.35. The second-order valence-electron chi connectivity index (χ2n) is 4.87. The number of carbonyl (C=O) groups excluding carboxylic acids is 2. The first-order chi connectivity index (χ1) is 8.75. The molecule has 86 valence electrons. The van der Waals surface area contributed by atoms with Gasteiger partial charge in [-0.15, -0.1) is 0 Å². The molecule has 0 saturated carbocycles. The molecule has 4 aliphatic rings. The first-order valence-electron chi connectivity index (χ1n) is 6.06. The van der Waals surface area contributed by atoms with E-state index in [0.29, 0.717) is 0 Å². The highest BCUT2D eigenvalue weighted by molar-refractivity contribution is 6.13. The molecule has 0 aromatic rings. The van der Waals surface area contributed by atoms with Gasteiger partial charge in [-0.05, 0) is 23.3 Å². The zero-order valence-electron chi connectivity index (χ0n) is 9.59. The van der Waals surface area contributed by atoms with E-state index in [2.05, 4.69) is 0 Å². The average molecular weight is 234 g/mol. The molecule has 0 unspecified atom stereocenters. The summed E-state index contributed by atoms with van der Waals surface area (Å²) in [6.07, 6.45) is 14.9. The molecule has 0 amide bonds. The minimum Gasteiger partial charge on any atom is -0.289 e. The van der Waals surface area contributed by atoms with Crippen LogP contribution in [-0.4, -0.2) is 11.6 Å². The molecule has 0 radical (unpaired) electrons. The van der Waals surface area contributed by atoms with Crippen LogP contribution in [0.4, 0.5) is 0 Å². The largest absolute Gasteiger partial charge is 0.289 e. The molecule has 4 aliphatic carbocycles. The van der Waals surface area contributed by atoms with Gasteiger partial charge in [-0.1, -0.05) is 36.5 Å². The van der Waals surface area contributed by atoms with Gasteiger partial charge in [-0.2, -0.15) is 0 Å². The number of carbonyl (C=O) groups is 2. The number of hydrogen-bond donors (Lipinski definition) is 0. The summed E-state index contributed by atoms with van der Waals surface area (Å²) in [5.41, 5.74) is 3.56. The van der Waals surface area contributed by atoms with Crippen LogP contribution in [0.3, 0.4) is 0 Å². The van der Waals surface area contributed by atoms with Crippen LogP contribution in [0.1, 0.15) is 0 Å². The molecule has 0 aromatic heterocycles. The Kier molecular flexibility index (Phi) is 1.72. The van der Waals surface area contributed by atoms with Gasteiger partial charge in [0.25, 0.3) is 0 Å². The average Bonchev–Trinajstić information content (AvgIpc) is 2.40. The Bertz CT molecular complexity index is 618. The zero-order chi connectivity index (χ0) is 12.3. The van der Waals surface area contributed by atoms with Crippen LogP contribution in [0, 0.1) is 11.8 Å². The van der Waals surface area contributed by atoms with Crippen LogP contribution < -0.4 is 0 Å². The molecule has 0 aliphatic heterocycles. The molecule has 0 saturated heterocycles. The first-order valence-corrected chi connectivity index (χ1v) is 6.06. The molecule has 0 bridgehead atoms. The number of hydrogen-bond acceptors (Lipinski definition) is 2. The highest BCUT2D eigenvalue weighted by Crippen LogP contribution is 2.44. The van der Waals surface area contributed by atoms with Crippen LogP contribution >= 0.6 is 0 Å². The quantitative estimate of drug-likeness (QED) is 0.644. The van der Waals surface area contributed by atoms with Gasteiger partial charge in [0.05, 0.1) is 0 Å². The predicted molar refractivity (Wildman–Crippen MR) is 67.6 cm³/mol. The van der Waals surface area contributed by atoms with Gasteiger partial charge in [-0.25, -0.2) is 0 Å². The Hall–Kier alpha value is -2.22. The summed E-state index contributed by atoms with van der Waals surface area (Å²) < 4.78 is 0. The van der Waals surface area contributed by atoms with E-state index < -0.39 is 0 Å². The number of ketones is 2. The summed E-state index contributed by atoms with van der Waals surface area (Å²) in [6, 6.07) is 0. The van der Waals surface area contributed by atoms with Gasteiger partial charge >= 0.3 is 0 Å². The van der Waals surface area contributed by atoms with Crippen molar-refractivity contribution in [1.29, 1.82) is 0 Å². The van der Waals surface area contributed by atoms with E-state index in [1.807, 2.05) is 36.5 Å². The standard InChI is InChI=1S/C16H10O2/c17-13-8-4-10-2-6-12-14(18)7-3-9-1-5-11(13)16(10)15(9)12/h1-10H/t9-,10-/m1/s1. The molecule has 2 atom stereocenters. The SMILES string of the molecule is O=C1C=C[C@H]2C=CC3=C4C2=C1C=C[C@@H]4C=CC3=O. The fourth-order valence-corrected chi connectivity index (χ4v) is 3.09. The van der Waals surface area contributed by atoms with Crippen molar-refractivity contribution in [2.24, 2.45) is 11.8 Å². The Labute approximate surface area is 104 Å². The fraction of sp³-hybridized carbons (Fsp3) is 0.125. The minimum atomic E-state index is 0.0418. The van der Waals surface area contributed by atoms with E-state index in [1.165, 1.54) is 0 Å². The minimum absolute atomic E-state index is 0.0418. The normalized spacial score (nSPS) is 31.3. The van der Waals surface area contributed by atoms with Gasteiger partial charge in [0, 0.05) is 23.0 Å². The fourth-order valence-electron chi connectivity index (χ4n) is 3.09. The van der Waals surface area contributed by atoms with E-state index in [1.54, 1.807) is 12.2 Å². The molecule has 4 rings (SSSR count). The molecule has 18 heavy (non-hydrogen) atoms. The van der Waals surface area contributed by atoms with Gasteiger partial charge in [0.2, 0.25) is 0 Å². The Morgan fingerprint density at radius 1 is 0.611 bits per heavy atom. The van der Waals surface area contributed by atoms with Crippen molar-refractivity contribution in [3.05, 3.63) is 70.9 Å². The molecule has 0 spiro atoms. The van der Waals surface area contributed by atoms with Crippen LogP contribution in [-0.2, 0) is 9.59 Å². The molecular weight excluding hydrogens is 224 g/mol. The maximum atomic E-state index is 11.9. The third kappa shape index (κ3) is 1.07. The Balaban J connectivity index is 2.04. The molecule has 0 aromatic carbocycles. The second-order valence-corrected chi connectivity index (χ2v) is 4.87. The van der Waals surface area contributed by atoms with Crippen molar-refractivity contribution in [3.8, 4) is 0 Å². The maximum absolute atomic E-state index is 11.9. The van der Waals surface area contributed by atoms with Gasteiger partial charge in [-0.3, -0.25) is 9.59 Å². The monoisotopic (exact) mass is 234 g/mol. The molecule has 2 nitrogen and oxygen atoms in total. The highest BCUT2D eigenvalue weighted by atomic mass is 16.1. The van der Waals surface area contributed by atoms with E-state index in [4.69, 9.17) is 0 Å². The lowest BCUT2D eigenvalue weighted by atomic mass is 9.68. The lowest BCUT2D eigenvalue weighted by molar-refractivity contribution is -0.112. The zero-order valence-corrected chi connectivity index (χ0v) is 9.59. The number of allylic oxidation sites excluding steroid dienone is 12. The topological polar surface area (TPSA) is 34.1 Å². The van der Waals surface area contributed by atoms with Crippen molar-refractivity contribution in [2.75, 3.05) is 0 Å². The van der Waals surface area contributed by atoms with Crippen LogP contribution in [0.2, 0.25) is 0 Å². The summed E-state index contributed by atoms with van der Waals surface area (Å²) in [7, 11) is 0. The van der Waals surface area contributed by atoms with Gasteiger partial charge in [0.1, 0.15) is 0 Å². The molecule has 0 N–H and O–H groups in total. The van der Waals surface area contributed by atoms with Crippen molar-refractivity contribution < 1.29 is 9.59 Å². The van der Waals surface area contributed by atoms with E-state index in [-0.39, 0.29) is 23.4 Å². The van der Waals surface area contributed by atoms with Crippen molar-refractivity contribution >= 4 is 11.6 Å². The lowest BCUT2D eigenvalue weighted by Crippen LogP contribution is -2.26. The van der Waals surface area contributed by atoms with Crippen molar-refractivity contribution in [1.82, 2.24) is 0 Å².